The van der Waals surface area contributed by atoms with E-state index < -0.39 is 12.1 Å². The zero-order chi connectivity index (χ0) is 27.1. The lowest BCUT2D eigenvalue weighted by molar-refractivity contribution is -0.00445. The van der Waals surface area contributed by atoms with E-state index in [1.807, 2.05) is 37.3 Å². The van der Waals surface area contributed by atoms with E-state index in [0.29, 0.717) is 13.0 Å². The van der Waals surface area contributed by atoms with Gasteiger partial charge in [-0.15, -0.1) is 0 Å². The molecule has 3 N–H and O–H groups in total. The number of rotatable bonds is 12. The Kier molecular flexibility index (Phi) is 8.95. The van der Waals surface area contributed by atoms with Crippen molar-refractivity contribution in [1.82, 2.24) is 5.32 Å². The number of aliphatic hydroxyl groups excluding tert-OH is 1. The molecule has 0 amide bonds. The van der Waals surface area contributed by atoms with Crippen LogP contribution in [-0.4, -0.2) is 41.0 Å². The number of fused-ring (bicyclic) bond motifs is 1. The van der Waals surface area contributed by atoms with Crippen molar-refractivity contribution in [1.29, 1.82) is 0 Å². The Labute approximate surface area is 225 Å². The maximum Gasteiger partial charge on any atom is 0.335 e. The summed E-state index contributed by atoms with van der Waals surface area (Å²) in [4.78, 5) is 11.1. The van der Waals surface area contributed by atoms with Gasteiger partial charge in [-0.3, -0.25) is 0 Å². The lowest BCUT2D eigenvalue weighted by Gasteiger charge is -2.28. The molecule has 38 heavy (non-hydrogen) atoms. The fourth-order valence-electron chi connectivity index (χ4n) is 4.80. The average molecular weight is 512 g/mol. The Bertz CT molecular complexity index is 1360. The lowest BCUT2D eigenvalue weighted by Crippen LogP contribution is -2.46. The average Bonchev–Trinajstić information content (AvgIpc) is 2.91. The van der Waals surface area contributed by atoms with Crippen LogP contribution >= 0.6 is 0 Å². The Morgan fingerprint density at radius 1 is 0.895 bits per heavy atom. The Hall–Kier alpha value is -3.51. The van der Waals surface area contributed by atoms with E-state index in [9.17, 15) is 9.90 Å². The number of benzene rings is 4. The van der Waals surface area contributed by atoms with Crippen molar-refractivity contribution < 1.29 is 19.7 Å². The standard InChI is InChI=1S/C33H37NO4/c1-23(31-11-7-6-10-29(31)18-24-12-16-27(17-13-24)32(36)37)38-22-30(35)21-34-33(2,3)20-25-14-15-26-8-4-5-9-28(26)19-25/h4-17,19,23,30,34-35H,18,20-22H2,1-3H3,(H,36,37)/t23?,30-/m0/s1. The minimum atomic E-state index is -0.927. The highest BCUT2D eigenvalue weighted by atomic mass is 16.5. The SMILES string of the molecule is CC(OC[C@@H](O)CNC(C)(C)Cc1ccc2ccccc2c1)c1ccccc1Cc1ccc(C(=O)O)cc1. The predicted molar refractivity (Wildman–Crippen MR) is 153 cm³/mol. The van der Waals surface area contributed by atoms with Crippen LogP contribution in [0.4, 0.5) is 0 Å². The molecular weight excluding hydrogens is 474 g/mol. The normalized spacial score (nSPS) is 13.4. The molecule has 0 aromatic heterocycles. The van der Waals surface area contributed by atoms with E-state index in [0.717, 1.165) is 23.1 Å². The smallest absolute Gasteiger partial charge is 0.335 e. The van der Waals surface area contributed by atoms with Gasteiger partial charge in [-0.05, 0) is 78.8 Å². The van der Waals surface area contributed by atoms with E-state index in [4.69, 9.17) is 9.84 Å². The number of hydrogen-bond acceptors (Lipinski definition) is 4. The number of aromatic carboxylic acids is 1. The van der Waals surface area contributed by atoms with Gasteiger partial charge in [0.15, 0.2) is 0 Å². The summed E-state index contributed by atoms with van der Waals surface area (Å²) in [5, 5.41) is 25.8. The van der Waals surface area contributed by atoms with Crippen LogP contribution in [0.3, 0.4) is 0 Å². The topological polar surface area (TPSA) is 78.8 Å². The van der Waals surface area contributed by atoms with Crippen LogP contribution in [0.5, 0.6) is 0 Å². The van der Waals surface area contributed by atoms with Crippen LogP contribution in [-0.2, 0) is 17.6 Å². The molecule has 2 atom stereocenters. The molecule has 4 aromatic carbocycles. The molecule has 4 rings (SSSR count). The Morgan fingerprint density at radius 2 is 1.55 bits per heavy atom. The van der Waals surface area contributed by atoms with Gasteiger partial charge in [0.25, 0.3) is 0 Å². The minimum Gasteiger partial charge on any atom is -0.478 e. The lowest BCUT2D eigenvalue weighted by atomic mass is 9.93. The summed E-state index contributed by atoms with van der Waals surface area (Å²) in [5.41, 5.74) is 4.57. The predicted octanol–water partition coefficient (Wildman–Crippen LogP) is 6.18. The highest BCUT2D eigenvalue weighted by Crippen LogP contribution is 2.24. The van der Waals surface area contributed by atoms with Gasteiger partial charge in [0.05, 0.1) is 24.4 Å². The molecule has 5 heteroatoms. The van der Waals surface area contributed by atoms with Crippen LogP contribution in [0.1, 0.15) is 59.5 Å². The van der Waals surface area contributed by atoms with Crippen molar-refractivity contribution in [3.63, 3.8) is 0 Å². The van der Waals surface area contributed by atoms with Crippen LogP contribution < -0.4 is 5.32 Å². The van der Waals surface area contributed by atoms with E-state index in [1.54, 1.807) is 12.1 Å². The fraction of sp³-hybridized carbons (Fsp3) is 0.303. The molecule has 1 unspecified atom stereocenters. The van der Waals surface area contributed by atoms with Crippen LogP contribution in [0.2, 0.25) is 0 Å². The van der Waals surface area contributed by atoms with Crippen LogP contribution in [0, 0.1) is 0 Å². The van der Waals surface area contributed by atoms with E-state index in [-0.39, 0.29) is 23.8 Å². The molecule has 0 aliphatic heterocycles. The second-order valence-corrected chi connectivity index (χ2v) is 10.6. The first kappa shape index (κ1) is 27.5. The molecule has 198 valence electrons. The first-order valence-electron chi connectivity index (χ1n) is 13.1. The van der Waals surface area contributed by atoms with Gasteiger partial charge in [-0.25, -0.2) is 4.79 Å². The molecule has 0 heterocycles. The zero-order valence-corrected chi connectivity index (χ0v) is 22.4. The number of carbonyl (C=O) groups is 1. The van der Waals surface area contributed by atoms with E-state index in [2.05, 4.69) is 67.7 Å². The number of hydrogen-bond donors (Lipinski definition) is 3. The fourth-order valence-corrected chi connectivity index (χ4v) is 4.80. The van der Waals surface area contributed by atoms with Crippen molar-refractivity contribution in [3.05, 3.63) is 119 Å². The largest absolute Gasteiger partial charge is 0.478 e. The molecule has 0 bridgehead atoms. The van der Waals surface area contributed by atoms with Crippen LogP contribution in [0.25, 0.3) is 10.8 Å². The van der Waals surface area contributed by atoms with Crippen molar-refractivity contribution in [2.24, 2.45) is 0 Å². The van der Waals surface area contributed by atoms with E-state index in [1.165, 1.54) is 16.3 Å². The summed E-state index contributed by atoms with van der Waals surface area (Å²) >= 11 is 0. The first-order valence-corrected chi connectivity index (χ1v) is 13.1. The van der Waals surface area contributed by atoms with Crippen molar-refractivity contribution in [2.75, 3.05) is 13.2 Å². The minimum absolute atomic E-state index is 0.183. The Balaban J connectivity index is 1.29. The summed E-state index contributed by atoms with van der Waals surface area (Å²) in [7, 11) is 0. The van der Waals surface area contributed by atoms with Gasteiger partial charge < -0.3 is 20.3 Å². The second kappa shape index (κ2) is 12.4. The maximum absolute atomic E-state index is 11.1. The summed E-state index contributed by atoms with van der Waals surface area (Å²) in [6.45, 7) is 6.96. The van der Waals surface area contributed by atoms with Crippen LogP contribution in [0.15, 0.2) is 91.0 Å². The molecule has 0 spiro atoms. The second-order valence-electron chi connectivity index (χ2n) is 10.6. The third-order valence-electron chi connectivity index (χ3n) is 6.90. The molecule has 0 radical (unpaired) electrons. The molecule has 0 aliphatic carbocycles. The molecule has 0 fully saturated rings. The molecular formula is C33H37NO4. The van der Waals surface area contributed by atoms with Crippen molar-refractivity contribution in [3.8, 4) is 0 Å². The van der Waals surface area contributed by atoms with Gasteiger partial charge in [0.2, 0.25) is 0 Å². The third kappa shape index (κ3) is 7.51. The highest BCUT2D eigenvalue weighted by Gasteiger charge is 2.20. The molecule has 0 aliphatic rings. The number of β-amino-alcohol motifs (C(OH)–C–C–N with tert-alkyl or cyclic N) is 1. The quantitative estimate of drug-likeness (QED) is 0.212. The number of aliphatic hydroxyl groups is 1. The first-order chi connectivity index (χ1) is 18.2. The number of carboxylic acid groups (broad SMARTS) is 1. The highest BCUT2D eigenvalue weighted by molar-refractivity contribution is 5.87. The summed E-state index contributed by atoms with van der Waals surface area (Å²) in [6, 6.07) is 30.0. The summed E-state index contributed by atoms with van der Waals surface area (Å²) in [5.74, 6) is -0.927. The summed E-state index contributed by atoms with van der Waals surface area (Å²) < 4.78 is 6.08. The van der Waals surface area contributed by atoms with Gasteiger partial charge in [-0.1, -0.05) is 78.9 Å². The van der Waals surface area contributed by atoms with Crippen molar-refractivity contribution in [2.45, 2.75) is 51.4 Å². The number of ether oxygens (including phenoxy) is 1. The zero-order valence-electron chi connectivity index (χ0n) is 22.4. The summed E-state index contributed by atoms with van der Waals surface area (Å²) in [6.07, 6.45) is 0.702. The van der Waals surface area contributed by atoms with Gasteiger partial charge in [-0.2, -0.15) is 0 Å². The van der Waals surface area contributed by atoms with Gasteiger partial charge in [0.1, 0.15) is 0 Å². The number of carboxylic acids is 1. The third-order valence-corrected chi connectivity index (χ3v) is 6.90. The molecule has 4 aromatic rings. The maximum atomic E-state index is 11.1. The number of nitrogens with one attached hydrogen (secondary N) is 1. The van der Waals surface area contributed by atoms with E-state index >= 15 is 0 Å². The Morgan fingerprint density at radius 3 is 2.29 bits per heavy atom. The molecule has 0 saturated heterocycles. The van der Waals surface area contributed by atoms with Gasteiger partial charge in [0, 0.05) is 12.1 Å². The van der Waals surface area contributed by atoms with Gasteiger partial charge >= 0.3 is 5.97 Å². The molecule has 5 nitrogen and oxygen atoms in total. The van der Waals surface area contributed by atoms with Crippen molar-refractivity contribution >= 4 is 16.7 Å². The monoisotopic (exact) mass is 511 g/mol. The molecule has 0 saturated carbocycles.